The standard InChI is InChI=1S/C22H30BFN2O5/c1-20(2,3)29-19(27)26-12-16(24)18(13-26)28-17-9-8-15(10-14(17)11-25)23-30-21(4,5)22(6,7)31-23/h8-10,16,18H,12-13H2,1-7H3. The zero-order valence-electron chi connectivity index (χ0n) is 19.2. The van der Waals surface area contributed by atoms with E-state index in [9.17, 15) is 14.4 Å². The van der Waals surface area contributed by atoms with Crippen LogP contribution in [-0.2, 0) is 14.0 Å². The van der Waals surface area contributed by atoms with E-state index in [1.54, 1.807) is 39.0 Å². The van der Waals surface area contributed by atoms with Gasteiger partial charge in [-0.1, -0.05) is 6.07 Å². The van der Waals surface area contributed by atoms with Crippen LogP contribution in [-0.4, -0.2) is 60.3 Å². The molecule has 2 atom stereocenters. The summed E-state index contributed by atoms with van der Waals surface area (Å²) in [5, 5.41) is 9.61. The van der Waals surface area contributed by atoms with Crippen LogP contribution in [0.3, 0.4) is 0 Å². The highest BCUT2D eigenvalue weighted by atomic mass is 19.1. The van der Waals surface area contributed by atoms with E-state index >= 15 is 0 Å². The van der Waals surface area contributed by atoms with E-state index in [2.05, 4.69) is 6.07 Å². The molecule has 2 heterocycles. The van der Waals surface area contributed by atoms with E-state index in [1.165, 1.54) is 4.90 Å². The first-order chi connectivity index (χ1) is 14.2. The summed E-state index contributed by atoms with van der Waals surface area (Å²) < 4.78 is 37.7. The molecule has 2 aliphatic heterocycles. The largest absolute Gasteiger partial charge is 0.494 e. The van der Waals surface area contributed by atoms with Crippen molar-refractivity contribution in [1.29, 1.82) is 5.26 Å². The maximum absolute atomic E-state index is 14.6. The van der Waals surface area contributed by atoms with E-state index in [0.717, 1.165) is 0 Å². The predicted octanol–water partition coefficient (Wildman–Crippen LogP) is 3.19. The third-order valence-electron chi connectivity index (χ3n) is 5.78. The molecular weight excluding hydrogens is 402 g/mol. The Morgan fingerprint density at radius 2 is 1.84 bits per heavy atom. The van der Waals surface area contributed by atoms with Crippen LogP contribution in [0.4, 0.5) is 9.18 Å². The predicted molar refractivity (Wildman–Crippen MR) is 114 cm³/mol. The molecule has 0 aliphatic carbocycles. The summed E-state index contributed by atoms with van der Waals surface area (Å²) in [6, 6.07) is 7.08. The molecular formula is C22H30BFN2O5. The first kappa shape index (κ1) is 23.4. The summed E-state index contributed by atoms with van der Waals surface area (Å²) in [5.74, 6) is 0.251. The number of nitrogens with zero attached hydrogens (tertiary/aromatic N) is 2. The van der Waals surface area contributed by atoms with Crippen molar-refractivity contribution in [3.8, 4) is 11.8 Å². The van der Waals surface area contributed by atoms with Crippen molar-refractivity contribution >= 4 is 18.7 Å². The summed E-state index contributed by atoms with van der Waals surface area (Å²) in [5.41, 5.74) is -0.748. The summed E-state index contributed by atoms with van der Waals surface area (Å²) in [4.78, 5) is 13.5. The number of alkyl halides is 1. The molecule has 7 nitrogen and oxygen atoms in total. The van der Waals surface area contributed by atoms with E-state index in [0.29, 0.717) is 5.46 Å². The maximum Gasteiger partial charge on any atom is 0.494 e. The maximum atomic E-state index is 14.6. The molecule has 31 heavy (non-hydrogen) atoms. The Balaban J connectivity index is 1.72. The molecule has 1 aromatic carbocycles. The molecule has 0 bridgehead atoms. The molecule has 0 saturated carbocycles. The number of rotatable bonds is 3. The molecule has 0 radical (unpaired) electrons. The summed E-state index contributed by atoms with van der Waals surface area (Å²) in [6.45, 7) is 13.0. The van der Waals surface area contributed by atoms with Crippen LogP contribution < -0.4 is 10.2 Å². The fourth-order valence-corrected chi connectivity index (χ4v) is 3.35. The van der Waals surface area contributed by atoms with Gasteiger partial charge in [0.05, 0.1) is 29.9 Å². The van der Waals surface area contributed by atoms with Crippen LogP contribution >= 0.6 is 0 Å². The summed E-state index contributed by atoms with van der Waals surface area (Å²) in [7, 11) is -0.616. The van der Waals surface area contributed by atoms with Crippen molar-refractivity contribution in [2.75, 3.05) is 13.1 Å². The van der Waals surface area contributed by atoms with Gasteiger partial charge in [0.25, 0.3) is 0 Å². The molecule has 1 amide bonds. The Kier molecular flexibility index (Phi) is 6.02. The fourth-order valence-electron chi connectivity index (χ4n) is 3.35. The Morgan fingerprint density at radius 3 is 2.39 bits per heavy atom. The number of hydrogen-bond acceptors (Lipinski definition) is 6. The third-order valence-corrected chi connectivity index (χ3v) is 5.78. The molecule has 0 spiro atoms. The minimum Gasteiger partial charge on any atom is -0.484 e. The fraction of sp³-hybridized carbons (Fsp3) is 0.636. The van der Waals surface area contributed by atoms with Gasteiger partial charge in [0, 0.05) is 0 Å². The average Bonchev–Trinajstić information content (AvgIpc) is 3.10. The number of carbonyl (C=O) groups excluding carboxylic acids is 1. The molecule has 9 heteroatoms. The third kappa shape index (κ3) is 4.96. The van der Waals surface area contributed by atoms with Crippen molar-refractivity contribution in [3.05, 3.63) is 23.8 Å². The Labute approximate surface area is 183 Å². The second kappa shape index (κ2) is 7.99. The van der Waals surface area contributed by atoms with E-state index < -0.39 is 42.3 Å². The smallest absolute Gasteiger partial charge is 0.484 e. The van der Waals surface area contributed by atoms with E-state index in [-0.39, 0.29) is 24.4 Å². The van der Waals surface area contributed by atoms with Gasteiger partial charge in [-0.3, -0.25) is 0 Å². The highest BCUT2D eigenvalue weighted by Crippen LogP contribution is 2.36. The zero-order chi connectivity index (χ0) is 23.2. The van der Waals surface area contributed by atoms with Crippen LogP contribution in [0, 0.1) is 11.3 Å². The lowest BCUT2D eigenvalue weighted by Gasteiger charge is -2.32. The molecule has 0 aromatic heterocycles. The van der Waals surface area contributed by atoms with Crippen molar-refractivity contribution in [2.24, 2.45) is 0 Å². The topological polar surface area (TPSA) is 81.0 Å². The Hall–Kier alpha value is -2.31. The monoisotopic (exact) mass is 432 g/mol. The lowest BCUT2D eigenvalue weighted by atomic mass is 9.78. The number of amides is 1. The zero-order valence-corrected chi connectivity index (χ0v) is 19.2. The first-order valence-corrected chi connectivity index (χ1v) is 10.4. The van der Waals surface area contributed by atoms with Gasteiger partial charge in [-0.15, -0.1) is 0 Å². The molecule has 2 fully saturated rings. The number of carbonyl (C=O) groups is 1. The number of hydrogen-bond donors (Lipinski definition) is 0. The number of ether oxygens (including phenoxy) is 2. The van der Waals surface area contributed by atoms with E-state index in [4.69, 9.17) is 18.8 Å². The van der Waals surface area contributed by atoms with Gasteiger partial charge in [0.15, 0.2) is 6.17 Å². The van der Waals surface area contributed by atoms with Gasteiger partial charge in [-0.05, 0) is 66.1 Å². The SMILES string of the molecule is CC(C)(C)OC(=O)N1CC(F)C(Oc2ccc(B3OC(C)(C)C(C)(C)O3)cc2C#N)C1. The number of nitriles is 1. The van der Waals surface area contributed by atoms with E-state index in [1.807, 2.05) is 27.7 Å². The molecule has 2 saturated heterocycles. The normalized spacial score (nSPS) is 24.7. The second-order valence-electron chi connectivity index (χ2n) is 10.0. The van der Waals surface area contributed by atoms with Gasteiger partial charge >= 0.3 is 13.2 Å². The van der Waals surface area contributed by atoms with Crippen molar-refractivity contribution in [2.45, 2.75) is 77.5 Å². The number of benzene rings is 1. The molecule has 0 N–H and O–H groups in total. The van der Waals surface area contributed by atoms with Crippen molar-refractivity contribution in [3.63, 3.8) is 0 Å². The lowest BCUT2D eigenvalue weighted by molar-refractivity contribution is 0.00578. The second-order valence-corrected chi connectivity index (χ2v) is 10.0. The average molecular weight is 432 g/mol. The first-order valence-electron chi connectivity index (χ1n) is 10.4. The van der Waals surface area contributed by atoms with Gasteiger partial charge < -0.3 is 23.7 Å². The Bertz CT molecular complexity index is 877. The molecule has 168 valence electrons. The highest BCUT2D eigenvalue weighted by Gasteiger charge is 2.51. The summed E-state index contributed by atoms with van der Waals surface area (Å²) in [6.07, 6.45) is -2.86. The van der Waals surface area contributed by atoms with Gasteiger partial charge in [-0.2, -0.15) is 5.26 Å². The van der Waals surface area contributed by atoms with Gasteiger partial charge in [0.2, 0.25) is 0 Å². The molecule has 2 aliphatic rings. The van der Waals surface area contributed by atoms with Crippen molar-refractivity contribution in [1.82, 2.24) is 4.90 Å². The van der Waals surface area contributed by atoms with Crippen LogP contribution in [0.2, 0.25) is 0 Å². The minimum atomic E-state index is -1.39. The highest BCUT2D eigenvalue weighted by molar-refractivity contribution is 6.62. The molecule has 2 unspecified atom stereocenters. The van der Waals surface area contributed by atoms with Gasteiger partial charge in [0.1, 0.15) is 23.5 Å². The number of halogens is 1. The lowest BCUT2D eigenvalue weighted by Crippen LogP contribution is -2.41. The quantitative estimate of drug-likeness (QED) is 0.683. The minimum absolute atomic E-state index is 0.0416. The molecule has 3 rings (SSSR count). The van der Waals surface area contributed by atoms with Crippen molar-refractivity contribution < 1.29 is 28.0 Å². The van der Waals surface area contributed by atoms with Crippen LogP contribution in [0.1, 0.15) is 54.0 Å². The molecule has 1 aromatic rings. The number of likely N-dealkylation sites (tertiary alicyclic amines) is 1. The van der Waals surface area contributed by atoms with Crippen LogP contribution in [0.25, 0.3) is 0 Å². The van der Waals surface area contributed by atoms with Crippen LogP contribution in [0.5, 0.6) is 5.75 Å². The van der Waals surface area contributed by atoms with Crippen LogP contribution in [0.15, 0.2) is 18.2 Å². The van der Waals surface area contributed by atoms with Gasteiger partial charge in [-0.25, -0.2) is 9.18 Å². The summed E-state index contributed by atoms with van der Waals surface area (Å²) >= 11 is 0. The Morgan fingerprint density at radius 1 is 1.23 bits per heavy atom.